The third-order valence-corrected chi connectivity index (χ3v) is 2.74. The molecule has 4 heteroatoms. The maximum atomic E-state index is 8.78. The Kier molecular flexibility index (Phi) is 3.84. The lowest BCUT2D eigenvalue weighted by Gasteiger charge is -2.13. The normalized spacial score (nSPS) is 18.7. The van der Waals surface area contributed by atoms with Gasteiger partial charge in [-0.2, -0.15) is 5.26 Å². The topological polar surface area (TPSA) is 51.5 Å². The van der Waals surface area contributed by atoms with Crippen molar-refractivity contribution in [2.75, 3.05) is 20.3 Å². The molecule has 0 saturated carbocycles. The summed E-state index contributed by atoms with van der Waals surface area (Å²) in [6.45, 7) is 1.35. The van der Waals surface area contributed by atoms with Crippen molar-refractivity contribution in [2.24, 2.45) is 0 Å². The van der Waals surface area contributed by atoms with Crippen LogP contribution in [0.5, 0.6) is 11.5 Å². The van der Waals surface area contributed by atoms with Gasteiger partial charge < -0.3 is 14.2 Å². The summed E-state index contributed by atoms with van der Waals surface area (Å²) in [5.41, 5.74) is 0.561. The highest BCUT2D eigenvalue weighted by molar-refractivity contribution is 5.46. The highest BCUT2D eigenvalue weighted by atomic mass is 16.5. The first kappa shape index (κ1) is 11.7. The zero-order chi connectivity index (χ0) is 12.1. The van der Waals surface area contributed by atoms with Crippen molar-refractivity contribution >= 4 is 0 Å². The van der Waals surface area contributed by atoms with Crippen LogP contribution >= 0.6 is 0 Å². The molecule has 1 fully saturated rings. The molecular formula is C13H15NO3. The SMILES string of the molecule is COc1cc(C#N)ccc1OC[C@@H]1CCCO1. The molecule has 1 saturated heterocycles. The van der Waals surface area contributed by atoms with E-state index in [-0.39, 0.29) is 6.10 Å². The van der Waals surface area contributed by atoms with Gasteiger partial charge in [-0.25, -0.2) is 0 Å². The van der Waals surface area contributed by atoms with Gasteiger partial charge in [0, 0.05) is 12.7 Å². The fraction of sp³-hybridized carbons (Fsp3) is 0.462. The van der Waals surface area contributed by atoms with Crippen molar-refractivity contribution < 1.29 is 14.2 Å². The quantitative estimate of drug-likeness (QED) is 0.799. The first-order valence-electron chi connectivity index (χ1n) is 5.66. The average Bonchev–Trinajstić information content (AvgIpc) is 2.89. The van der Waals surface area contributed by atoms with Crippen LogP contribution in [0.1, 0.15) is 18.4 Å². The molecule has 0 bridgehead atoms. The van der Waals surface area contributed by atoms with Gasteiger partial charge in [-0.05, 0) is 25.0 Å². The van der Waals surface area contributed by atoms with E-state index in [0.29, 0.717) is 23.7 Å². The molecule has 0 aliphatic carbocycles. The second-order valence-electron chi connectivity index (χ2n) is 3.92. The summed E-state index contributed by atoms with van der Waals surface area (Å²) in [5.74, 6) is 1.24. The van der Waals surface area contributed by atoms with E-state index in [1.165, 1.54) is 0 Å². The molecule has 1 heterocycles. The molecule has 1 aromatic rings. The van der Waals surface area contributed by atoms with Crippen LogP contribution in [0.15, 0.2) is 18.2 Å². The fourth-order valence-electron chi connectivity index (χ4n) is 1.81. The van der Waals surface area contributed by atoms with Gasteiger partial charge in [-0.1, -0.05) is 0 Å². The number of hydrogen-bond donors (Lipinski definition) is 0. The summed E-state index contributed by atoms with van der Waals surface area (Å²) in [4.78, 5) is 0. The van der Waals surface area contributed by atoms with Crippen LogP contribution in [0.2, 0.25) is 0 Å². The van der Waals surface area contributed by atoms with Gasteiger partial charge in [-0.15, -0.1) is 0 Å². The van der Waals surface area contributed by atoms with Crippen molar-refractivity contribution in [1.29, 1.82) is 5.26 Å². The van der Waals surface area contributed by atoms with Crippen LogP contribution in [-0.2, 0) is 4.74 Å². The Hall–Kier alpha value is -1.73. The van der Waals surface area contributed by atoms with Crippen LogP contribution in [0, 0.1) is 11.3 Å². The summed E-state index contributed by atoms with van der Waals surface area (Å²) in [6.07, 6.45) is 2.31. The molecule has 0 unspecified atom stereocenters. The molecule has 0 aromatic heterocycles. The van der Waals surface area contributed by atoms with Crippen molar-refractivity contribution in [1.82, 2.24) is 0 Å². The van der Waals surface area contributed by atoms with Crippen molar-refractivity contribution in [2.45, 2.75) is 18.9 Å². The molecule has 0 N–H and O–H groups in total. The minimum atomic E-state index is 0.176. The highest BCUT2D eigenvalue weighted by Crippen LogP contribution is 2.28. The Balaban J connectivity index is 2.01. The third-order valence-electron chi connectivity index (χ3n) is 2.74. The molecule has 90 valence electrons. The second kappa shape index (κ2) is 5.55. The van der Waals surface area contributed by atoms with Gasteiger partial charge in [-0.3, -0.25) is 0 Å². The number of rotatable bonds is 4. The van der Waals surface area contributed by atoms with E-state index < -0.39 is 0 Å². The van der Waals surface area contributed by atoms with Gasteiger partial charge >= 0.3 is 0 Å². The third kappa shape index (κ3) is 2.89. The van der Waals surface area contributed by atoms with E-state index in [1.54, 1.807) is 25.3 Å². The Bertz CT molecular complexity index is 419. The number of hydrogen-bond acceptors (Lipinski definition) is 4. The maximum absolute atomic E-state index is 8.78. The van der Waals surface area contributed by atoms with E-state index in [2.05, 4.69) is 6.07 Å². The Morgan fingerprint density at radius 3 is 3.00 bits per heavy atom. The number of nitrogens with zero attached hydrogens (tertiary/aromatic N) is 1. The zero-order valence-electron chi connectivity index (χ0n) is 9.81. The minimum Gasteiger partial charge on any atom is -0.493 e. The monoisotopic (exact) mass is 233 g/mol. The molecule has 0 radical (unpaired) electrons. The molecule has 1 aliphatic rings. The number of ether oxygens (including phenoxy) is 3. The molecule has 4 nitrogen and oxygen atoms in total. The van der Waals surface area contributed by atoms with Crippen LogP contribution in [0.25, 0.3) is 0 Å². The second-order valence-corrected chi connectivity index (χ2v) is 3.92. The predicted molar refractivity (Wildman–Crippen MR) is 62.2 cm³/mol. The average molecular weight is 233 g/mol. The first-order valence-corrected chi connectivity index (χ1v) is 5.66. The number of methoxy groups -OCH3 is 1. The van der Waals surface area contributed by atoms with E-state index in [9.17, 15) is 0 Å². The fourth-order valence-corrected chi connectivity index (χ4v) is 1.81. The maximum Gasteiger partial charge on any atom is 0.162 e. The molecule has 1 aromatic carbocycles. The molecule has 17 heavy (non-hydrogen) atoms. The molecule has 0 spiro atoms. The van der Waals surface area contributed by atoms with Gasteiger partial charge in [0.2, 0.25) is 0 Å². The summed E-state index contributed by atoms with van der Waals surface area (Å²) in [7, 11) is 1.56. The molecular weight excluding hydrogens is 218 g/mol. The van der Waals surface area contributed by atoms with Crippen molar-refractivity contribution in [3.8, 4) is 17.6 Å². The Morgan fingerprint density at radius 2 is 2.35 bits per heavy atom. The lowest BCUT2D eigenvalue weighted by atomic mass is 10.2. The standard InChI is InChI=1S/C13H15NO3/c1-15-13-7-10(8-14)4-5-12(13)17-9-11-3-2-6-16-11/h4-5,7,11H,2-3,6,9H2,1H3/t11-/m0/s1. The van der Waals surface area contributed by atoms with Gasteiger partial charge in [0.1, 0.15) is 6.61 Å². The number of nitriles is 1. The number of benzene rings is 1. The van der Waals surface area contributed by atoms with Gasteiger partial charge in [0.25, 0.3) is 0 Å². The van der Waals surface area contributed by atoms with E-state index in [0.717, 1.165) is 19.4 Å². The van der Waals surface area contributed by atoms with Crippen LogP contribution < -0.4 is 9.47 Å². The summed E-state index contributed by atoms with van der Waals surface area (Å²) >= 11 is 0. The van der Waals surface area contributed by atoms with E-state index in [4.69, 9.17) is 19.5 Å². The lowest BCUT2D eigenvalue weighted by Crippen LogP contribution is -2.16. The first-order chi connectivity index (χ1) is 8.33. The Labute approximate surface area is 101 Å². The Morgan fingerprint density at radius 1 is 1.47 bits per heavy atom. The van der Waals surface area contributed by atoms with Crippen LogP contribution in [-0.4, -0.2) is 26.4 Å². The summed E-state index contributed by atoms with van der Waals surface area (Å²) in [6, 6.07) is 7.21. The molecule has 2 rings (SSSR count). The van der Waals surface area contributed by atoms with E-state index >= 15 is 0 Å². The van der Waals surface area contributed by atoms with Crippen molar-refractivity contribution in [3.05, 3.63) is 23.8 Å². The molecule has 1 atom stereocenters. The molecule has 1 aliphatic heterocycles. The smallest absolute Gasteiger partial charge is 0.162 e. The summed E-state index contributed by atoms with van der Waals surface area (Å²) < 4.78 is 16.3. The largest absolute Gasteiger partial charge is 0.493 e. The van der Waals surface area contributed by atoms with Crippen molar-refractivity contribution in [3.63, 3.8) is 0 Å². The lowest BCUT2D eigenvalue weighted by molar-refractivity contribution is 0.0670. The van der Waals surface area contributed by atoms with Crippen LogP contribution in [0.3, 0.4) is 0 Å². The molecule has 0 amide bonds. The summed E-state index contributed by atoms with van der Waals surface area (Å²) in [5, 5.41) is 8.78. The van der Waals surface area contributed by atoms with Crippen LogP contribution in [0.4, 0.5) is 0 Å². The highest BCUT2D eigenvalue weighted by Gasteiger charge is 2.17. The predicted octanol–water partition coefficient (Wildman–Crippen LogP) is 2.12. The zero-order valence-corrected chi connectivity index (χ0v) is 9.81. The van der Waals surface area contributed by atoms with Gasteiger partial charge in [0.15, 0.2) is 11.5 Å². The van der Waals surface area contributed by atoms with E-state index in [1.807, 2.05) is 0 Å². The van der Waals surface area contributed by atoms with Gasteiger partial charge in [0.05, 0.1) is 24.8 Å². The minimum absolute atomic E-state index is 0.176.